The molecule has 1 heterocycles. The Morgan fingerprint density at radius 1 is 0.917 bits per heavy atom. The van der Waals surface area contributed by atoms with E-state index in [1.807, 2.05) is 24.3 Å². The lowest BCUT2D eigenvalue weighted by Crippen LogP contribution is -2.47. The molecule has 2 unspecified atom stereocenters. The predicted octanol–water partition coefficient (Wildman–Crippen LogP) is 4.49. The normalized spacial score (nSPS) is 29.8. The van der Waals surface area contributed by atoms with E-state index in [1.54, 1.807) is 0 Å². The van der Waals surface area contributed by atoms with Crippen LogP contribution < -0.4 is 0 Å². The van der Waals surface area contributed by atoms with E-state index in [2.05, 4.69) is 36.4 Å². The van der Waals surface area contributed by atoms with E-state index >= 15 is 0 Å². The van der Waals surface area contributed by atoms with Crippen LogP contribution in [0.3, 0.4) is 0 Å². The summed E-state index contributed by atoms with van der Waals surface area (Å²) < 4.78 is 18.5. The van der Waals surface area contributed by atoms with Crippen LogP contribution in [-0.4, -0.2) is 18.8 Å². The predicted molar refractivity (Wildman–Crippen MR) is 92.4 cm³/mol. The van der Waals surface area contributed by atoms with Crippen LogP contribution in [0.25, 0.3) is 0 Å². The van der Waals surface area contributed by atoms with Crippen LogP contribution in [0.5, 0.6) is 0 Å². The molecule has 2 aliphatic rings. The van der Waals surface area contributed by atoms with E-state index < -0.39 is 0 Å². The third-order valence-electron chi connectivity index (χ3n) is 5.02. The molecule has 2 aromatic rings. The van der Waals surface area contributed by atoms with Gasteiger partial charge in [-0.1, -0.05) is 67.1 Å². The van der Waals surface area contributed by atoms with Gasteiger partial charge in [-0.25, -0.2) is 0 Å². The largest absolute Gasteiger partial charge is 0.371 e. The molecule has 4 atom stereocenters. The summed E-state index contributed by atoms with van der Waals surface area (Å²) in [7, 11) is 0. The fourth-order valence-electron chi connectivity index (χ4n) is 3.72. The smallest absolute Gasteiger partial charge is 0.184 e. The van der Waals surface area contributed by atoms with Crippen molar-refractivity contribution in [3.05, 3.63) is 71.8 Å². The van der Waals surface area contributed by atoms with Crippen molar-refractivity contribution in [1.82, 2.24) is 0 Å². The third-order valence-corrected chi connectivity index (χ3v) is 5.02. The number of hydrogen-bond donors (Lipinski definition) is 0. The Morgan fingerprint density at radius 2 is 1.67 bits per heavy atom. The average Bonchev–Trinajstić information content (AvgIpc) is 2.67. The molecule has 2 fully saturated rings. The van der Waals surface area contributed by atoms with Gasteiger partial charge in [0, 0.05) is 11.5 Å². The van der Waals surface area contributed by atoms with Crippen LogP contribution >= 0.6 is 0 Å². The highest BCUT2D eigenvalue weighted by molar-refractivity contribution is 5.16. The molecule has 0 aromatic heterocycles. The molecule has 0 spiro atoms. The van der Waals surface area contributed by atoms with Crippen LogP contribution in [0.2, 0.25) is 0 Å². The molecule has 24 heavy (non-hydrogen) atoms. The van der Waals surface area contributed by atoms with Crippen LogP contribution in [0, 0.1) is 5.92 Å². The molecule has 1 aliphatic carbocycles. The molecule has 1 saturated carbocycles. The number of hydrogen-bond acceptors (Lipinski definition) is 3. The second-order valence-electron chi connectivity index (χ2n) is 6.70. The van der Waals surface area contributed by atoms with Crippen molar-refractivity contribution in [2.24, 2.45) is 5.92 Å². The molecule has 0 radical (unpaired) electrons. The van der Waals surface area contributed by atoms with Crippen LogP contribution in [0.4, 0.5) is 0 Å². The highest BCUT2D eigenvalue weighted by atomic mass is 16.7. The molecule has 0 amide bonds. The first-order chi connectivity index (χ1) is 11.9. The lowest BCUT2D eigenvalue weighted by Gasteiger charge is -2.43. The van der Waals surface area contributed by atoms with Gasteiger partial charge < -0.3 is 14.2 Å². The zero-order chi connectivity index (χ0) is 16.2. The SMILES string of the molecule is c1ccc(CO[C@@H]2CCCC3COC(c4ccccc4)O[C@@H]32)cc1. The maximum absolute atomic E-state index is 6.33. The second-order valence-corrected chi connectivity index (χ2v) is 6.70. The van der Waals surface area contributed by atoms with Gasteiger partial charge >= 0.3 is 0 Å². The summed E-state index contributed by atoms with van der Waals surface area (Å²) >= 11 is 0. The van der Waals surface area contributed by atoms with E-state index in [1.165, 1.54) is 12.0 Å². The first-order valence-electron chi connectivity index (χ1n) is 8.88. The third kappa shape index (κ3) is 3.54. The van der Waals surface area contributed by atoms with Crippen LogP contribution in [-0.2, 0) is 20.8 Å². The Hall–Kier alpha value is -1.68. The molecule has 0 N–H and O–H groups in total. The average molecular weight is 324 g/mol. The highest BCUT2D eigenvalue weighted by Gasteiger charge is 2.40. The minimum Gasteiger partial charge on any atom is -0.371 e. The van der Waals surface area contributed by atoms with Crippen molar-refractivity contribution in [2.45, 2.75) is 44.4 Å². The van der Waals surface area contributed by atoms with Crippen molar-refractivity contribution < 1.29 is 14.2 Å². The Bertz CT molecular complexity index is 628. The minimum atomic E-state index is -0.270. The van der Waals surface area contributed by atoms with E-state index in [0.29, 0.717) is 12.5 Å². The Morgan fingerprint density at radius 3 is 2.46 bits per heavy atom. The van der Waals surface area contributed by atoms with Crippen molar-refractivity contribution in [2.75, 3.05) is 6.61 Å². The fourth-order valence-corrected chi connectivity index (χ4v) is 3.72. The first kappa shape index (κ1) is 15.8. The number of fused-ring (bicyclic) bond motifs is 1. The maximum Gasteiger partial charge on any atom is 0.184 e. The number of rotatable bonds is 4. The second kappa shape index (κ2) is 7.47. The quantitative estimate of drug-likeness (QED) is 0.829. The lowest BCUT2D eigenvalue weighted by atomic mass is 9.84. The van der Waals surface area contributed by atoms with Gasteiger partial charge in [-0.15, -0.1) is 0 Å². The summed E-state index contributed by atoms with van der Waals surface area (Å²) in [5.41, 5.74) is 2.30. The molecule has 1 aliphatic heterocycles. The summed E-state index contributed by atoms with van der Waals surface area (Å²) in [5.74, 6) is 0.444. The van der Waals surface area contributed by atoms with Gasteiger partial charge in [-0.2, -0.15) is 0 Å². The summed E-state index contributed by atoms with van der Waals surface area (Å²) in [6.07, 6.45) is 3.42. The first-order valence-corrected chi connectivity index (χ1v) is 8.88. The Labute approximate surface area is 143 Å². The Balaban J connectivity index is 1.43. The number of ether oxygens (including phenoxy) is 3. The zero-order valence-corrected chi connectivity index (χ0v) is 13.8. The van der Waals surface area contributed by atoms with Gasteiger partial charge in [0.2, 0.25) is 0 Å². The summed E-state index contributed by atoms with van der Waals surface area (Å²) in [5, 5.41) is 0. The summed E-state index contributed by atoms with van der Waals surface area (Å²) in [6, 6.07) is 20.6. The zero-order valence-electron chi connectivity index (χ0n) is 13.8. The molecule has 2 aromatic carbocycles. The molecular weight excluding hydrogens is 300 g/mol. The topological polar surface area (TPSA) is 27.7 Å². The Kier molecular flexibility index (Phi) is 4.93. The van der Waals surface area contributed by atoms with Gasteiger partial charge in [0.15, 0.2) is 6.29 Å². The van der Waals surface area contributed by atoms with Crippen molar-refractivity contribution in [3.8, 4) is 0 Å². The van der Waals surface area contributed by atoms with Crippen LogP contribution in [0.1, 0.15) is 36.7 Å². The van der Waals surface area contributed by atoms with Gasteiger partial charge in [0.25, 0.3) is 0 Å². The molecule has 3 nitrogen and oxygen atoms in total. The van der Waals surface area contributed by atoms with E-state index in [0.717, 1.165) is 25.0 Å². The monoisotopic (exact) mass is 324 g/mol. The standard InChI is InChI=1S/C21H24O3/c1-3-8-16(9-4-1)14-22-19-13-7-12-18-15-23-21(24-20(18)19)17-10-5-2-6-11-17/h1-6,8-11,18-21H,7,12-15H2/t18?,19-,20+,21?/m1/s1. The highest BCUT2D eigenvalue weighted by Crippen LogP contribution is 2.38. The van der Waals surface area contributed by atoms with Gasteiger partial charge in [-0.3, -0.25) is 0 Å². The molecule has 0 bridgehead atoms. The van der Waals surface area contributed by atoms with E-state index in [9.17, 15) is 0 Å². The molecule has 4 rings (SSSR count). The summed E-state index contributed by atoms with van der Waals surface area (Å²) in [4.78, 5) is 0. The van der Waals surface area contributed by atoms with Gasteiger partial charge in [0.1, 0.15) is 0 Å². The summed E-state index contributed by atoms with van der Waals surface area (Å²) in [6.45, 7) is 1.41. The molecule has 3 heteroatoms. The molecular formula is C21H24O3. The van der Waals surface area contributed by atoms with Crippen molar-refractivity contribution >= 4 is 0 Å². The van der Waals surface area contributed by atoms with E-state index in [-0.39, 0.29) is 18.5 Å². The number of benzene rings is 2. The van der Waals surface area contributed by atoms with Crippen molar-refractivity contribution in [1.29, 1.82) is 0 Å². The molecule has 126 valence electrons. The van der Waals surface area contributed by atoms with Gasteiger partial charge in [-0.05, 0) is 18.4 Å². The van der Waals surface area contributed by atoms with E-state index in [4.69, 9.17) is 14.2 Å². The lowest BCUT2D eigenvalue weighted by molar-refractivity contribution is -0.276. The fraction of sp³-hybridized carbons (Fsp3) is 0.429. The van der Waals surface area contributed by atoms with Crippen molar-refractivity contribution in [3.63, 3.8) is 0 Å². The molecule has 1 saturated heterocycles. The maximum atomic E-state index is 6.33. The van der Waals surface area contributed by atoms with Crippen LogP contribution in [0.15, 0.2) is 60.7 Å². The minimum absolute atomic E-state index is 0.126. The van der Waals surface area contributed by atoms with Gasteiger partial charge in [0.05, 0.1) is 25.4 Å².